The van der Waals surface area contributed by atoms with Crippen LogP contribution in [0, 0.1) is 5.92 Å². The fourth-order valence-corrected chi connectivity index (χ4v) is 2.47. The summed E-state index contributed by atoms with van der Waals surface area (Å²) < 4.78 is 11.4. The number of carbonyl (C=O) groups is 1. The van der Waals surface area contributed by atoms with E-state index in [2.05, 4.69) is 0 Å². The van der Waals surface area contributed by atoms with Gasteiger partial charge in [0, 0.05) is 16.7 Å². The molecule has 0 spiro atoms. The average molecular weight is 266 g/mol. The molecule has 1 aliphatic carbocycles. The zero-order valence-corrected chi connectivity index (χ0v) is 11.0. The molecule has 100 valence electrons. The summed E-state index contributed by atoms with van der Waals surface area (Å²) in [6.07, 6.45) is 2.04. The summed E-state index contributed by atoms with van der Waals surface area (Å²) in [5.41, 5.74) is 1.71. The van der Waals surface area contributed by atoms with E-state index in [1.165, 1.54) is 0 Å². The summed E-state index contributed by atoms with van der Waals surface area (Å²) in [5.74, 6) is 1.17. The Morgan fingerprint density at radius 3 is 2.75 bits per heavy atom. The number of Topliss-reactive ketones (excluding diaryl/α,β-unsaturated/α-hetero) is 1. The van der Waals surface area contributed by atoms with Crippen molar-refractivity contribution in [3.8, 4) is 5.75 Å². The third kappa shape index (κ3) is 1.95. The van der Waals surface area contributed by atoms with Crippen LogP contribution in [0.1, 0.15) is 12.8 Å². The van der Waals surface area contributed by atoms with Gasteiger partial charge in [0.1, 0.15) is 23.5 Å². The molecule has 1 aliphatic rings. The van der Waals surface area contributed by atoms with Crippen molar-refractivity contribution in [3.05, 3.63) is 42.5 Å². The van der Waals surface area contributed by atoms with Gasteiger partial charge >= 0.3 is 0 Å². The lowest BCUT2D eigenvalue weighted by molar-refractivity contribution is -0.122. The number of carbonyl (C=O) groups excluding carboxylic acids is 1. The minimum atomic E-state index is 0.173. The van der Waals surface area contributed by atoms with Gasteiger partial charge in [0.2, 0.25) is 0 Å². The molecular weight excluding hydrogens is 252 g/mol. The Bertz CT molecular complexity index is 796. The maximum Gasteiger partial charge on any atom is 0.173 e. The first-order chi connectivity index (χ1) is 9.81. The fourth-order valence-electron chi connectivity index (χ4n) is 2.47. The number of para-hydroxylation sites is 1. The zero-order valence-electron chi connectivity index (χ0n) is 11.0. The van der Waals surface area contributed by atoms with Gasteiger partial charge in [0.05, 0.1) is 0 Å². The number of rotatable bonds is 4. The van der Waals surface area contributed by atoms with E-state index in [1.807, 2.05) is 42.5 Å². The van der Waals surface area contributed by atoms with Gasteiger partial charge in [-0.15, -0.1) is 0 Å². The molecule has 0 unspecified atom stereocenters. The summed E-state index contributed by atoms with van der Waals surface area (Å²) in [5, 5.41) is 2.10. The number of ketones is 1. The van der Waals surface area contributed by atoms with Crippen LogP contribution in [0.2, 0.25) is 0 Å². The van der Waals surface area contributed by atoms with Crippen LogP contribution in [0.3, 0.4) is 0 Å². The first kappa shape index (κ1) is 11.5. The van der Waals surface area contributed by atoms with E-state index in [0.717, 1.165) is 40.5 Å². The molecule has 1 fully saturated rings. The number of hydrogen-bond donors (Lipinski definition) is 0. The van der Waals surface area contributed by atoms with Crippen LogP contribution in [0.4, 0.5) is 0 Å². The third-order valence-electron chi connectivity index (χ3n) is 3.76. The van der Waals surface area contributed by atoms with Crippen LogP contribution in [0.5, 0.6) is 5.75 Å². The maximum absolute atomic E-state index is 11.7. The molecule has 2 aromatic carbocycles. The van der Waals surface area contributed by atoms with Crippen LogP contribution in [-0.2, 0) is 4.79 Å². The largest absolute Gasteiger partial charge is 0.486 e. The van der Waals surface area contributed by atoms with Crippen molar-refractivity contribution < 1.29 is 13.9 Å². The smallest absolute Gasteiger partial charge is 0.173 e. The van der Waals surface area contributed by atoms with E-state index in [1.54, 1.807) is 0 Å². The highest BCUT2D eigenvalue weighted by atomic mass is 16.5. The molecule has 20 heavy (non-hydrogen) atoms. The lowest BCUT2D eigenvalue weighted by Gasteiger charge is -2.04. The van der Waals surface area contributed by atoms with Gasteiger partial charge < -0.3 is 9.15 Å². The SMILES string of the molecule is O=C(COc1ccc2oc3ccccc3c2c1)C1CC1. The van der Waals surface area contributed by atoms with Crippen molar-refractivity contribution in [2.24, 2.45) is 5.92 Å². The number of fused-ring (bicyclic) bond motifs is 3. The van der Waals surface area contributed by atoms with Crippen LogP contribution in [-0.4, -0.2) is 12.4 Å². The van der Waals surface area contributed by atoms with Crippen molar-refractivity contribution in [2.45, 2.75) is 12.8 Å². The highest BCUT2D eigenvalue weighted by Gasteiger charge is 2.29. The molecule has 0 atom stereocenters. The highest BCUT2D eigenvalue weighted by Crippen LogP contribution is 2.32. The van der Waals surface area contributed by atoms with E-state index in [4.69, 9.17) is 9.15 Å². The monoisotopic (exact) mass is 266 g/mol. The minimum absolute atomic E-state index is 0.173. The Balaban J connectivity index is 1.66. The molecule has 3 heteroatoms. The summed E-state index contributed by atoms with van der Waals surface area (Å²) in [4.78, 5) is 11.7. The maximum atomic E-state index is 11.7. The van der Waals surface area contributed by atoms with Crippen LogP contribution in [0.25, 0.3) is 21.9 Å². The van der Waals surface area contributed by atoms with Crippen molar-refractivity contribution in [2.75, 3.05) is 6.61 Å². The molecule has 0 amide bonds. The molecule has 0 radical (unpaired) electrons. The quantitative estimate of drug-likeness (QED) is 0.718. The minimum Gasteiger partial charge on any atom is -0.486 e. The Morgan fingerprint density at radius 2 is 1.90 bits per heavy atom. The van der Waals surface area contributed by atoms with Gasteiger partial charge in [-0.1, -0.05) is 18.2 Å². The second-order valence-electron chi connectivity index (χ2n) is 5.29. The van der Waals surface area contributed by atoms with Gasteiger partial charge in [0.15, 0.2) is 5.78 Å². The summed E-state index contributed by atoms with van der Waals surface area (Å²) in [6.45, 7) is 0.173. The summed E-state index contributed by atoms with van der Waals surface area (Å²) in [6, 6.07) is 13.6. The fraction of sp³-hybridized carbons (Fsp3) is 0.235. The molecule has 3 aromatic rings. The van der Waals surface area contributed by atoms with Crippen LogP contribution >= 0.6 is 0 Å². The third-order valence-corrected chi connectivity index (χ3v) is 3.76. The molecule has 3 nitrogen and oxygen atoms in total. The van der Waals surface area contributed by atoms with Crippen LogP contribution in [0.15, 0.2) is 46.9 Å². The van der Waals surface area contributed by atoms with Crippen molar-refractivity contribution in [1.82, 2.24) is 0 Å². The van der Waals surface area contributed by atoms with E-state index in [-0.39, 0.29) is 18.3 Å². The van der Waals surface area contributed by atoms with E-state index < -0.39 is 0 Å². The molecule has 1 heterocycles. The van der Waals surface area contributed by atoms with Crippen molar-refractivity contribution in [1.29, 1.82) is 0 Å². The number of hydrogen-bond acceptors (Lipinski definition) is 3. The number of benzene rings is 2. The lowest BCUT2D eigenvalue weighted by atomic mass is 10.1. The van der Waals surface area contributed by atoms with Gasteiger partial charge in [-0.25, -0.2) is 0 Å². The zero-order chi connectivity index (χ0) is 13.5. The Labute approximate surface area is 116 Å². The molecule has 0 saturated heterocycles. The molecule has 1 aromatic heterocycles. The van der Waals surface area contributed by atoms with Gasteiger partial charge in [0.25, 0.3) is 0 Å². The Hall–Kier alpha value is -2.29. The molecule has 0 bridgehead atoms. The second-order valence-corrected chi connectivity index (χ2v) is 5.29. The normalized spacial score (nSPS) is 14.8. The van der Waals surface area contributed by atoms with Gasteiger partial charge in [-0.3, -0.25) is 4.79 Å². The first-order valence-electron chi connectivity index (χ1n) is 6.88. The van der Waals surface area contributed by atoms with Crippen molar-refractivity contribution in [3.63, 3.8) is 0 Å². The summed E-state index contributed by atoms with van der Waals surface area (Å²) in [7, 11) is 0. The van der Waals surface area contributed by atoms with E-state index >= 15 is 0 Å². The molecule has 0 N–H and O–H groups in total. The second kappa shape index (κ2) is 4.37. The topological polar surface area (TPSA) is 39.4 Å². The van der Waals surface area contributed by atoms with E-state index in [0.29, 0.717) is 0 Å². The number of ether oxygens (including phenoxy) is 1. The standard InChI is InChI=1S/C17H14O3/c18-15(11-5-6-11)10-19-12-7-8-17-14(9-12)13-3-1-2-4-16(13)20-17/h1-4,7-9,11H,5-6,10H2. The predicted molar refractivity (Wildman–Crippen MR) is 76.9 cm³/mol. The molecule has 0 aliphatic heterocycles. The highest BCUT2D eigenvalue weighted by molar-refractivity contribution is 6.05. The van der Waals surface area contributed by atoms with Crippen LogP contribution < -0.4 is 4.74 Å². The van der Waals surface area contributed by atoms with Crippen molar-refractivity contribution >= 4 is 27.7 Å². The Morgan fingerprint density at radius 1 is 1.10 bits per heavy atom. The first-order valence-corrected chi connectivity index (χ1v) is 6.88. The number of furan rings is 1. The average Bonchev–Trinajstić information content (AvgIpc) is 3.26. The molecule has 4 rings (SSSR count). The molecular formula is C17H14O3. The van der Waals surface area contributed by atoms with Gasteiger partial charge in [-0.2, -0.15) is 0 Å². The van der Waals surface area contributed by atoms with Gasteiger partial charge in [-0.05, 0) is 37.1 Å². The van der Waals surface area contributed by atoms with E-state index in [9.17, 15) is 4.79 Å². The summed E-state index contributed by atoms with van der Waals surface area (Å²) >= 11 is 0. The predicted octanol–water partition coefficient (Wildman–Crippen LogP) is 3.94. The molecule has 1 saturated carbocycles. The Kier molecular flexibility index (Phi) is 2.52. The lowest BCUT2D eigenvalue weighted by Crippen LogP contribution is -2.12.